The molecule has 1 amide bonds. The van der Waals surface area contributed by atoms with Gasteiger partial charge >= 0.3 is 6.09 Å². The highest BCUT2D eigenvalue weighted by Crippen LogP contribution is 2.15. The predicted molar refractivity (Wildman–Crippen MR) is 92.3 cm³/mol. The van der Waals surface area contributed by atoms with Crippen LogP contribution in [0.5, 0.6) is 0 Å². The number of pyridine rings is 1. The minimum absolute atomic E-state index is 0.0158. The average molecular weight is 315 g/mol. The van der Waals surface area contributed by atoms with Crippen LogP contribution in [0.2, 0.25) is 0 Å². The van der Waals surface area contributed by atoms with Crippen LogP contribution in [0.3, 0.4) is 0 Å². The van der Waals surface area contributed by atoms with Gasteiger partial charge in [-0.25, -0.2) is 4.79 Å². The molecule has 0 aliphatic rings. The molecular formula is C18H25N3O2. The lowest BCUT2D eigenvalue weighted by atomic mass is 10.1. The predicted octanol–water partition coefficient (Wildman–Crippen LogP) is 3.24. The average Bonchev–Trinajstić information content (AvgIpc) is 2.45. The lowest BCUT2D eigenvalue weighted by Gasteiger charge is -2.22. The lowest BCUT2D eigenvalue weighted by Crippen LogP contribution is -2.42. The fraction of sp³-hybridized carbons (Fsp3) is 0.444. The van der Waals surface area contributed by atoms with E-state index in [0.717, 1.165) is 17.4 Å². The Bertz CT molecular complexity index is 659. The molecule has 2 aromatic rings. The summed E-state index contributed by atoms with van der Waals surface area (Å²) in [6, 6.07) is 10.1. The third kappa shape index (κ3) is 5.53. The van der Waals surface area contributed by atoms with Crippen molar-refractivity contribution in [2.24, 2.45) is 0 Å². The molecule has 1 aromatic heterocycles. The van der Waals surface area contributed by atoms with Gasteiger partial charge in [-0.05, 0) is 45.4 Å². The number of aromatic nitrogens is 1. The second-order valence-corrected chi connectivity index (χ2v) is 6.67. The van der Waals surface area contributed by atoms with Crippen molar-refractivity contribution in [3.05, 3.63) is 42.1 Å². The Hall–Kier alpha value is -2.14. The molecule has 1 atom stereocenters. The first-order valence-corrected chi connectivity index (χ1v) is 7.88. The van der Waals surface area contributed by atoms with E-state index in [4.69, 9.17) is 4.74 Å². The SMILES string of the molecule is CC(CNCc1ccnc2ccccc12)NC(=O)OC(C)(C)C. The minimum Gasteiger partial charge on any atom is -0.444 e. The molecule has 0 bridgehead atoms. The van der Waals surface area contributed by atoms with E-state index in [1.54, 1.807) is 0 Å². The second kappa shape index (κ2) is 7.42. The zero-order chi connectivity index (χ0) is 16.9. The van der Waals surface area contributed by atoms with Gasteiger partial charge in [0.1, 0.15) is 5.60 Å². The van der Waals surface area contributed by atoms with E-state index in [9.17, 15) is 4.79 Å². The van der Waals surface area contributed by atoms with Gasteiger partial charge in [0.05, 0.1) is 5.52 Å². The van der Waals surface area contributed by atoms with E-state index >= 15 is 0 Å². The van der Waals surface area contributed by atoms with Crippen molar-refractivity contribution in [3.63, 3.8) is 0 Å². The van der Waals surface area contributed by atoms with Gasteiger partial charge in [0.15, 0.2) is 0 Å². The Morgan fingerprint density at radius 2 is 2.00 bits per heavy atom. The molecule has 23 heavy (non-hydrogen) atoms. The summed E-state index contributed by atoms with van der Waals surface area (Å²) in [7, 11) is 0. The highest BCUT2D eigenvalue weighted by atomic mass is 16.6. The van der Waals surface area contributed by atoms with Crippen molar-refractivity contribution >= 4 is 17.0 Å². The maximum Gasteiger partial charge on any atom is 0.407 e. The van der Waals surface area contributed by atoms with Gasteiger partial charge in [0.2, 0.25) is 0 Å². The molecule has 2 N–H and O–H groups in total. The number of ether oxygens (including phenoxy) is 1. The molecule has 5 heteroatoms. The summed E-state index contributed by atoms with van der Waals surface area (Å²) in [4.78, 5) is 16.1. The summed E-state index contributed by atoms with van der Waals surface area (Å²) in [5, 5.41) is 7.34. The molecule has 1 aromatic carbocycles. The molecule has 0 saturated carbocycles. The number of fused-ring (bicyclic) bond motifs is 1. The zero-order valence-electron chi connectivity index (χ0n) is 14.2. The number of hydrogen-bond donors (Lipinski definition) is 2. The molecule has 2 rings (SSSR count). The van der Waals surface area contributed by atoms with Crippen molar-refractivity contribution in [3.8, 4) is 0 Å². The number of amides is 1. The second-order valence-electron chi connectivity index (χ2n) is 6.67. The number of nitrogens with one attached hydrogen (secondary N) is 2. The van der Waals surface area contributed by atoms with Gasteiger partial charge in [0, 0.05) is 30.7 Å². The van der Waals surface area contributed by atoms with Crippen LogP contribution < -0.4 is 10.6 Å². The van der Waals surface area contributed by atoms with Gasteiger partial charge in [-0.3, -0.25) is 4.98 Å². The number of alkyl carbamates (subject to hydrolysis) is 1. The number of nitrogens with zero attached hydrogens (tertiary/aromatic N) is 1. The van der Waals surface area contributed by atoms with Crippen molar-refractivity contribution in [1.29, 1.82) is 0 Å². The van der Waals surface area contributed by atoms with E-state index < -0.39 is 5.60 Å². The van der Waals surface area contributed by atoms with E-state index in [2.05, 4.69) is 21.7 Å². The van der Waals surface area contributed by atoms with Crippen LogP contribution >= 0.6 is 0 Å². The fourth-order valence-corrected chi connectivity index (χ4v) is 2.29. The first kappa shape index (κ1) is 17.2. The Morgan fingerprint density at radius 3 is 2.74 bits per heavy atom. The van der Waals surface area contributed by atoms with Gasteiger partial charge in [-0.15, -0.1) is 0 Å². The van der Waals surface area contributed by atoms with Crippen LogP contribution in [-0.2, 0) is 11.3 Å². The third-order valence-corrected chi connectivity index (χ3v) is 3.27. The molecular weight excluding hydrogens is 290 g/mol. The standard InChI is InChI=1S/C18H25N3O2/c1-13(21-17(22)23-18(2,3)4)11-19-12-14-9-10-20-16-8-6-5-7-15(14)16/h5-10,13,19H,11-12H2,1-4H3,(H,21,22). The van der Waals surface area contributed by atoms with Gasteiger partial charge in [-0.1, -0.05) is 18.2 Å². The topological polar surface area (TPSA) is 63.2 Å². The molecule has 1 unspecified atom stereocenters. The zero-order valence-corrected chi connectivity index (χ0v) is 14.2. The summed E-state index contributed by atoms with van der Waals surface area (Å²) in [6.07, 6.45) is 1.43. The van der Waals surface area contributed by atoms with Crippen LogP contribution in [-0.4, -0.2) is 29.3 Å². The number of benzene rings is 1. The van der Waals surface area contributed by atoms with Crippen LogP contribution in [0.1, 0.15) is 33.3 Å². The quantitative estimate of drug-likeness (QED) is 0.889. The highest BCUT2D eigenvalue weighted by molar-refractivity contribution is 5.81. The fourth-order valence-electron chi connectivity index (χ4n) is 2.29. The first-order valence-electron chi connectivity index (χ1n) is 7.88. The van der Waals surface area contributed by atoms with Crippen LogP contribution in [0.15, 0.2) is 36.5 Å². The Labute approximate surface area is 137 Å². The van der Waals surface area contributed by atoms with Crippen molar-refractivity contribution < 1.29 is 9.53 Å². The minimum atomic E-state index is -0.479. The Morgan fingerprint density at radius 1 is 1.26 bits per heavy atom. The van der Waals surface area contributed by atoms with E-state index in [-0.39, 0.29) is 12.1 Å². The number of para-hydroxylation sites is 1. The van der Waals surface area contributed by atoms with Crippen molar-refractivity contribution in [2.45, 2.75) is 45.9 Å². The van der Waals surface area contributed by atoms with E-state index in [1.165, 1.54) is 5.56 Å². The maximum absolute atomic E-state index is 11.7. The maximum atomic E-state index is 11.7. The molecule has 0 aliphatic carbocycles. The van der Waals surface area contributed by atoms with Gasteiger partial charge in [-0.2, -0.15) is 0 Å². The normalized spacial score (nSPS) is 12.9. The molecule has 0 fully saturated rings. The number of rotatable bonds is 5. The van der Waals surface area contributed by atoms with Gasteiger partial charge < -0.3 is 15.4 Å². The monoisotopic (exact) mass is 315 g/mol. The molecule has 0 spiro atoms. The summed E-state index contributed by atoms with van der Waals surface area (Å²) in [5.41, 5.74) is 1.71. The Kier molecular flexibility index (Phi) is 5.55. The lowest BCUT2D eigenvalue weighted by molar-refractivity contribution is 0.0508. The Balaban J connectivity index is 1.83. The molecule has 0 aliphatic heterocycles. The van der Waals surface area contributed by atoms with Crippen molar-refractivity contribution in [1.82, 2.24) is 15.6 Å². The molecule has 124 valence electrons. The summed E-state index contributed by atoms with van der Waals surface area (Å²) >= 11 is 0. The van der Waals surface area contributed by atoms with Crippen LogP contribution in [0.4, 0.5) is 4.79 Å². The van der Waals surface area contributed by atoms with Gasteiger partial charge in [0.25, 0.3) is 0 Å². The smallest absolute Gasteiger partial charge is 0.407 e. The third-order valence-electron chi connectivity index (χ3n) is 3.27. The summed E-state index contributed by atoms with van der Waals surface area (Å²) < 4.78 is 5.24. The van der Waals surface area contributed by atoms with Crippen LogP contribution in [0.25, 0.3) is 10.9 Å². The first-order chi connectivity index (χ1) is 10.8. The van der Waals surface area contributed by atoms with Crippen molar-refractivity contribution in [2.75, 3.05) is 6.54 Å². The molecule has 0 radical (unpaired) electrons. The molecule has 5 nitrogen and oxygen atoms in total. The molecule has 1 heterocycles. The summed E-state index contributed by atoms with van der Waals surface area (Å²) in [5.74, 6) is 0. The molecule has 0 saturated heterocycles. The number of carbonyl (C=O) groups is 1. The van der Waals surface area contributed by atoms with Crippen LogP contribution in [0, 0.1) is 0 Å². The van der Waals surface area contributed by atoms with E-state index in [1.807, 2.05) is 58.2 Å². The largest absolute Gasteiger partial charge is 0.444 e. The number of hydrogen-bond acceptors (Lipinski definition) is 4. The highest BCUT2D eigenvalue weighted by Gasteiger charge is 2.17. The summed E-state index contributed by atoms with van der Waals surface area (Å²) in [6.45, 7) is 8.89. The van der Waals surface area contributed by atoms with E-state index in [0.29, 0.717) is 6.54 Å². The number of carbonyl (C=O) groups excluding carboxylic acids is 1.